The molecule has 2 aliphatic rings. The van der Waals surface area contributed by atoms with Gasteiger partial charge in [0.1, 0.15) is 12.3 Å². The molecular formula is C12H22N+. The lowest BCUT2D eigenvalue weighted by Crippen LogP contribution is -2.42. The van der Waals surface area contributed by atoms with Gasteiger partial charge < -0.3 is 0 Å². The van der Waals surface area contributed by atoms with E-state index in [1.807, 2.05) is 0 Å². The third-order valence-electron chi connectivity index (χ3n) is 3.98. The van der Waals surface area contributed by atoms with Crippen molar-refractivity contribution in [1.82, 2.24) is 0 Å². The Labute approximate surface area is 81.8 Å². The minimum atomic E-state index is 0.910. The highest BCUT2D eigenvalue weighted by Gasteiger charge is 2.36. The molecule has 13 heavy (non-hydrogen) atoms. The van der Waals surface area contributed by atoms with E-state index in [-0.39, 0.29) is 0 Å². The van der Waals surface area contributed by atoms with Gasteiger partial charge in [0.2, 0.25) is 0 Å². The van der Waals surface area contributed by atoms with Crippen molar-refractivity contribution in [3.05, 3.63) is 0 Å². The molecule has 2 atom stereocenters. The molecule has 0 aromatic rings. The summed E-state index contributed by atoms with van der Waals surface area (Å²) in [6.07, 6.45) is 8.72. The van der Waals surface area contributed by atoms with E-state index in [4.69, 9.17) is 0 Å². The summed E-state index contributed by atoms with van der Waals surface area (Å²) in [5, 5.41) is 0. The molecule has 0 amide bonds. The van der Waals surface area contributed by atoms with E-state index in [1.165, 1.54) is 45.1 Å². The van der Waals surface area contributed by atoms with Gasteiger partial charge in [0, 0.05) is 25.7 Å². The molecule has 0 aromatic heterocycles. The quantitative estimate of drug-likeness (QED) is 0.546. The van der Waals surface area contributed by atoms with Crippen molar-refractivity contribution < 1.29 is 4.58 Å². The van der Waals surface area contributed by atoms with E-state index in [0.29, 0.717) is 0 Å². The van der Waals surface area contributed by atoms with E-state index in [2.05, 4.69) is 18.4 Å². The Balaban J connectivity index is 2.19. The van der Waals surface area contributed by atoms with Gasteiger partial charge in [0.05, 0.1) is 0 Å². The standard InChI is InChI=1S/C12H22N/c1-3-13-10(2)8-9-11-6-4-5-7-12(11)13/h11-12H,3-9H2,1-2H3/q+1/t11-,12+/m1/s1. The van der Waals surface area contributed by atoms with Crippen LogP contribution in [0.25, 0.3) is 0 Å². The summed E-state index contributed by atoms with van der Waals surface area (Å²) >= 11 is 0. The summed E-state index contributed by atoms with van der Waals surface area (Å²) < 4.78 is 2.67. The van der Waals surface area contributed by atoms with Gasteiger partial charge in [-0.1, -0.05) is 6.42 Å². The summed E-state index contributed by atoms with van der Waals surface area (Å²) in [6.45, 7) is 5.86. The fraction of sp³-hybridized carbons (Fsp3) is 0.917. The van der Waals surface area contributed by atoms with Crippen molar-refractivity contribution in [1.29, 1.82) is 0 Å². The summed E-state index contributed by atoms with van der Waals surface area (Å²) in [6, 6.07) is 0.910. The van der Waals surface area contributed by atoms with Gasteiger partial charge in [0.15, 0.2) is 6.04 Å². The van der Waals surface area contributed by atoms with Gasteiger partial charge >= 0.3 is 0 Å². The van der Waals surface area contributed by atoms with Crippen LogP contribution >= 0.6 is 0 Å². The zero-order chi connectivity index (χ0) is 9.26. The van der Waals surface area contributed by atoms with Crippen molar-refractivity contribution in [2.45, 2.75) is 58.4 Å². The molecule has 0 bridgehead atoms. The zero-order valence-corrected chi connectivity index (χ0v) is 9.05. The first-order valence-corrected chi connectivity index (χ1v) is 5.92. The molecule has 1 aliphatic carbocycles. The molecule has 74 valence electrons. The second-order valence-electron chi connectivity index (χ2n) is 4.67. The SMILES string of the molecule is CC[N+]1=C(C)CC[C@H]2CCCC[C@@H]21. The molecule has 0 radical (unpaired) electrons. The average Bonchev–Trinajstić information content (AvgIpc) is 2.18. The Morgan fingerprint density at radius 2 is 2.00 bits per heavy atom. The van der Waals surface area contributed by atoms with E-state index in [1.54, 1.807) is 5.71 Å². The summed E-state index contributed by atoms with van der Waals surface area (Å²) in [5.74, 6) is 1.03. The monoisotopic (exact) mass is 180 g/mol. The van der Waals surface area contributed by atoms with Crippen molar-refractivity contribution in [2.75, 3.05) is 6.54 Å². The van der Waals surface area contributed by atoms with Crippen LogP contribution in [0.3, 0.4) is 0 Å². The lowest BCUT2D eigenvalue weighted by atomic mass is 9.78. The van der Waals surface area contributed by atoms with Crippen molar-refractivity contribution in [2.24, 2.45) is 5.92 Å². The van der Waals surface area contributed by atoms with Gasteiger partial charge in [-0.25, -0.2) is 4.58 Å². The lowest BCUT2D eigenvalue weighted by Gasteiger charge is -2.33. The van der Waals surface area contributed by atoms with Crippen LogP contribution in [0.4, 0.5) is 0 Å². The summed E-state index contributed by atoms with van der Waals surface area (Å²) in [4.78, 5) is 0. The maximum absolute atomic E-state index is 2.67. The number of nitrogens with zero attached hydrogens (tertiary/aromatic N) is 1. The molecule has 1 nitrogen and oxygen atoms in total. The Morgan fingerprint density at radius 3 is 2.77 bits per heavy atom. The van der Waals surface area contributed by atoms with Gasteiger partial charge in [-0.3, -0.25) is 0 Å². The second-order valence-corrected chi connectivity index (χ2v) is 4.67. The molecule has 0 saturated heterocycles. The van der Waals surface area contributed by atoms with E-state index < -0.39 is 0 Å². The Kier molecular flexibility index (Phi) is 2.71. The zero-order valence-electron chi connectivity index (χ0n) is 9.05. The average molecular weight is 180 g/mol. The Morgan fingerprint density at radius 1 is 1.23 bits per heavy atom. The molecule has 0 unspecified atom stereocenters. The molecular weight excluding hydrogens is 158 g/mol. The topological polar surface area (TPSA) is 3.01 Å². The third-order valence-corrected chi connectivity index (χ3v) is 3.98. The number of rotatable bonds is 1. The highest BCUT2D eigenvalue weighted by Crippen LogP contribution is 2.33. The maximum Gasteiger partial charge on any atom is 0.155 e. The van der Waals surface area contributed by atoms with Crippen LogP contribution in [0.2, 0.25) is 0 Å². The van der Waals surface area contributed by atoms with Gasteiger partial charge in [0.25, 0.3) is 0 Å². The van der Waals surface area contributed by atoms with Crippen LogP contribution in [0, 0.1) is 5.92 Å². The highest BCUT2D eigenvalue weighted by molar-refractivity contribution is 5.77. The van der Waals surface area contributed by atoms with Crippen LogP contribution in [0.1, 0.15) is 52.4 Å². The molecule has 2 rings (SSSR count). The first kappa shape index (κ1) is 9.23. The molecule has 0 aromatic carbocycles. The van der Waals surface area contributed by atoms with Crippen LogP contribution in [0.15, 0.2) is 0 Å². The molecule has 1 saturated carbocycles. The molecule has 1 heteroatoms. The second kappa shape index (κ2) is 3.81. The van der Waals surface area contributed by atoms with E-state index in [0.717, 1.165) is 12.0 Å². The molecule has 1 fully saturated rings. The fourth-order valence-corrected chi connectivity index (χ4v) is 3.26. The predicted molar refractivity (Wildman–Crippen MR) is 56.5 cm³/mol. The van der Waals surface area contributed by atoms with Crippen molar-refractivity contribution >= 4 is 5.71 Å². The predicted octanol–water partition coefficient (Wildman–Crippen LogP) is 2.83. The van der Waals surface area contributed by atoms with Crippen LogP contribution in [-0.4, -0.2) is 22.9 Å². The van der Waals surface area contributed by atoms with Crippen LogP contribution in [0.5, 0.6) is 0 Å². The molecule has 0 spiro atoms. The normalized spacial score (nSPS) is 34.6. The first-order chi connectivity index (χ1) is 6.33. The van der Waals surface area contributed by atoms with Crippen LogP contribution in [-0.2, 0) is 0 Å². The maximum atomic E-state index is 2.67. The van der Waals surface area contributed by atoms with Crippen molar-refractivity contribution in [3.63, 3.8) is 0 Å². The van der Waals surface area contributed by atoms with Crippen molar-refractivity contribution in [3.8, 4) is 0 Å². The number of hydrogen-bond donors (Lipinski definition) is 0. The third kappa shape index (κ3) is 1.66. The number of hydrogen-bond acceptors (Lipinski definition) is 0. The molecule has 0 N–H and O–H groups in total. The van der Waals surface area contributed by atoms with E-state index in [9.17, 15) is 0 Å². The van der Waals surface area contributed by atoms with Gasteiger partial charge in [-0.15, -0.1) is 0 Å². The Hall–Kier alpha value is -0.330. The van der Waals surface area contributed by atoms with Gasteiger partial charge in [-0.05, 0) is 26.2 Å². The fourth-order valence-electron chi connectivity index (χ4n) is 3.26. The van der Waals surface area contributed by atoms with Crippen LogP contribution < -0.4 is 0 Å². The largest absolute Gasteiger partial charge is 0.235 e. The molecule has 1 heterocycles. The minimum absolute atomic E-state index is 0.910. The summed E-state index contributed by atoms with van der Waals surface area (Å²) in [7, 11) is 0. The van der Waals surface area contributed by atoms with E-state index >= 15 is 0 Å². The minimum Gasteiger partial charge on any atom is -0.235 e. The van der Waals surface area contributed by atoms with Gasteiger partial charge in [-0.2, -0.15) is 0 Å². The number of fused-ring (bicyclic) bond motifs is 1. The summed E-state index contributed by atoms with van der Waals surface area (Å²) in [5.41, 5.74) is 1.64. The lowest BCUT2D eigenvalue weighted by molar-refractivity contribution is -0.581. The Bertz CT molecular complexity index is 217. The molecule has 1 aliphatic heterocycles. The highest BCUT2D eigenvalue weighted by atomic mass is 15.1. The first-order valence-electron chi connectivity index (χ1n) is 5.92. The smallest absolute Gasteiger partial charge is 0.155 e.